The highest BCUT2D eigenvalue weighted by Crippen LogP contribution is 2.19. The first-order valence-corrected chi connectivity index (χ1v) is 7.89. The number of piperidine rings is 1. The summed E-state index contributed by atoms with van der Waals surface area (Å²) in [6.45, 7) is 1.27. The van der Waals surface area contributed by atoms with Gasteiger partial charge in [0.1, 0.15) is 0 Å². The summed E-state index contributed by atoms with van der Waals surface area (Å²) >= 11 is 5.52. The molecular weight excluding hydrogens is 250 g/mol. The summed E-state index contributed by atoms with van der Waals surface area (Å²) in [6.07, 6.45) is 2.91. The fourth-order valence-electron chi connectivity index (χ4n) is 1.88. The van der Waals surface area contributed by atoms with Gasteiger partial charge in [-0.15, -0.1) is 11.6 Å². The number of aliphatic hydroxyl groups is 1. The monoisotopic (exact) mass is 269 g/mol. The van der Waals surface area contributed by atoms with Gasteiger partial charge in [-0.2, -0.15) is 0 Å². The number of nitrogens with zero attached hydrogens (tertiary/aromatic N) is 1. The normalized spacial score (nSPS) is 20.1. The molecule has 0 bridgehead atoms. The Labute approximate surface area is 103 Å². The van der Waals surface area contributed by atoms with E-state index < -0.39 is 10.0 Å². The Kier molecular flexibility index (Phi) is 6.03. The number of unbranched alkanes of at least 4 members (excludes halogenated alkanes) is 1. The van der Waals surface area contributed by atoms with Gasteiger partial charge in [0, 0.05) is 25.6 Å². The van der Waals surface area contributed by atoms with Crippen molar-refractivity contribution in [3.8, 4) is 0 Å². The molecule has 0 aliphatic carbocycles. The van der Waals surface area contributed by atoms with Gasteiger partial charge in [0.2, 0.25) is 10.0 Å². The molecule has 6 heteroatoms. The van der Waals surface area contributed by atoms with E-state index in [1.165, 1.54) is 0 Å². The maximum atomic E-state index is 11.9. The van der Waals surface area contributed by atoms with Crippen molar-refractivity contribution < 1.29 is 13.5 Å². The minimum Gasteiger partial charge on any atom is -0.396 e. The Morgan fingerprint density at radius 2 is 1.88 bits per heavy atom. The fraction of sp³-hybridized carbons (Fsp3) is 1.00. The van der Waals surface area contributed by atoms with Crippen molar-refractivity contribution in [2.24, 2.45) is 5.92 Å². The molecule has 0 radical (unpaired) electrons. The number of hydrogen-bond acceptors (Lipinski definition) is 3. The van der Waals surface area contributed by atoms with Crippen LogP contribution in [0.3, 0.4) is 0 Å². The highest BCUT2D eigenvalue weighted by atomic mass is 35.5. The van der Waals surface area contributed by atoms with E-state index in [1.54, 1.807) is 4.31 Å². The van der Waals surface area contributed by atoms with E-state index in [1.807, 2.05) is 0 Å². The Hall–Kier alpha value is 0.160. The van der Waals surface area contributed by atoms with Gasteiger partial charge in [0.15, 0.2) is 0 Å². The van der Waals surface area contributed by atoms with Crippen molar-refractivity contribution in [3.63, 3.8) is 0 Å². The molecule has 0 spiro atoms. The number of hydrogen-bond donors (Lipinski definition) is 1. The minimum absolute atomic E-state index is 0.167. The van der Waals surface area contributed by atoms with Crippen molar-refractivity contribution in [2.45, 2.75) is 25.7 Å². The zero-order valence-corrected chi connectivity index (χ0v) is 11.0. The molecule has 0 unspecified atom stereocenters. The van der Waals surface area contributed by atoms with Crippen molar-refractivity contribution in [1.82, 2.24) is 4.31 Å². The highest BCUT2D eigenvalue weighted by molar-refractivity contribution is 7.89. The van der Waals surface area contributed by atoms with Crippen LogP contribution in [0.15, 0.2) is 0 Å². The topological polar surface area (TPSA) is 57.6 Å². The van der Waals surface area contributed by atoms with Crippen molar-refractivity contribution in [2.75, 3.05) is 31.3 Å². The smallest absolute Gasteiger partial charge is 0.214 e. The summed E-state index contributed by atoms with van der Waals surface area (Å²) in [6, 6.07) is 0. The van der Waals surface area contributed by atoms with E-state index in [-0.39, 0.29) is 18.3 Å². The van der Waals surface area contributed by atoms with Crippen LogP contribution in [0.25, 0.3) is 0 Å². The Balaban J connectivity index is 2.39. The summed E-state index contributed by atoms with van der Waals surface area (Å²) in [5.41, 5.74) is 0. The minimum atomic E-state index is -3.09. The van der Waals surface area contributed by atoms with Crippen molar-refractivity contribution >= 4 is 21.6 Å². The number of sulfonamides is 1. The lowest BCUT2D eigenvalue weighted by atomic mass is 10.00. The van der Waals surface area contributed by atoms with Crippen LogP contribution in [0.1, 0.15) is 25.7 Å². The Bertz CT molecular complexity index is 286. The van der Waals surface area contributed by atoms with Gasteiger partial charge in [-0.25, -0.2) is 12.7 Å². The predicted octanol–water partition coefficient (Wildman–Crippen LogP) is 1.04. The van der Waals surface area contributed by atoms with E-state index in [2.05, 4.69) is 0 Å². The van der Waals surface area contributed by atoms with Gasteiger partial charge in [0.05, 0.1) is 5.75 Å². The van der Waals surface area contributed by atoms with Gasteiger partial charge in [0.25, 0.3) is 0 Å². The summed E-state index contributed by atoms with van der Waals surface area (Å²) in [5, 5.41) is 8.97. The third kappa shape index (κ3) is 4.20. The Morgan fingerprint density at radius 3 is 2.38 bits per heavy atom. The molecule has 1 fully saturated rings. The Morgan fingerprint density at radius 1 is 1.25 bits per heavy atom. The first-order valence-electron chi connectivity index (χ1n) is 5.75. The molecule has 1 N–H and O–H groups in total. The zero-order chi connectivity index (χ0) is 12.0. The second kappa shape index (κ2) is 6.79. The standard InChI is InChI=1S/C10H20ClNO3S/c11-5-1-2-8-16(14,15)12-6-3-10(9-13)4-7-12/h10,13H,1-9H2. The SMILES string of the molecule is O=S(=O)(CCCCCl)N1CCC(CO)CC1. The molecule has 1 aliphatic heterocycles. The lowest BCUT2D eigenvalue weighted by Gasteiger charge is -2.30. The summed E-state index contributed by atoms with van der Waals surface area (Å²) < 4.78 is 25.3. The fourth-order valence-corrected chi connectivity index (χ4v) is 3.66. The second-order valence-corrected chi connectivity index (χ2v) is 6.70. The van der Waals surface area contributed by atoms with Gasteiger partial charge in [-0.1, -0.05) is 0 Å². The molecule has 0 aromatic rings. The summed E-state index contributed by atoms with van der Waals surface area (Å²) in [4.78, 5) is 0. The maximum Gasteiger partial charge on any atom is 0.214 e. The number of halogens is 1. The van der Waals surface area contributed by atoms with Gasteiger partial charge in [-0.3, -0.25) is 0 Å². The van der Waals surface area contributed by atoms with Crippen LogP contribution in [-0.4, -0.2) is 49.2 Å². The van der Waals surface area contributed by atoms with Crippen LogP contribution in [-0.2, 0) is 10.0 Å². The van der Waals surface area contributed by atoms with Gasteiger partial charge >= 0.3 is 0 Å². The predicted molar refractivity (Wildman–Crippen MR) is 65.1 cm³/mol. The van der Waals surface area contributed by atoms with Gasteiger partial charge in [-0.05, 0) is 31.6 Å². The maximum absolute atomic E-state index is 11.9. The van der Waals surface area contributed by atoms with E-state index in [0.717, 1.165) is 19.3 Å². The molecule has 0 atom stereocenters. The number of rotatable bonds is 6. The van der Waals surface area contributed by atoms with E-state index in [4.69, 9.17) is 16.7 Å². The van der Waals surface area contributed by atoms with Crippen LogP contribution >= 0.6 is 11.6 Å². The number of aliphatic hydroxyl groups excluding tert-OH is 1. The molecule has 16 heavy (non-hydrogen) atoms. The molecule has 0 saturated carbocycles. The third-order valence-electron chi connectivity index (χ3n) is 3.01. The van der Waals surface area contributed by atoms with E-state index >= 15 is 0 Å². The number of alkyl halides is 1. The molecule has 1 saturated heterocycles. The first kappa shape index (κ1) is 14.2. The van der Waals surface area contributed by atoms with Crippen LogP contribution in [0.5, 0.6) is 0 Å². The van der Waals surface area contributed by atoms with Crippen LogP contribution in [0.4, 0.5) is 0 Å². The largest absolute Gasteiger partial charge is 0.396 e. The molecule has 0 amide bonds. The molecule has 4 nitrogen and oxygen atoms in total. The third-order valence-corrected chi connectivity index (χ3v) is 5.23. The van der Waals surface area contributed by atoms with Crippen LogP contribution < -0.4 is 0 Å². The average Bonchev–Trinajstić information content (AvgIpc) is 2.29. The molecular formula is C10H20ClNO3S. The molecule has 1 aliphatic rings. The van der Waals surface area contributed by atoms with Crippen LogP contribution in [0, 0.1) is 5.92 Å². The highest BCUT2D eigenvalue weighted by Gasteiger charge is 2.26. The summed E-state index contributed by atoms with van der Waals surface area (Å²) in [5.74, 6) is 0.986. The first-order chi connectivity index (χ1) is 7.60. The van der Waals surface area contributed by atoms with Crippen LogP contribution in [0.2, 0.25) is 0 Å². The quantitative estimate of drug-likeness (QED) is 0.579. The van der Waals surface area contributed by atoms with E-state index in [9.17, 15) is 8.42 Å². The molecule has 0 aromatic carbocycles. The van der Waals surface area contributed by atoms with E-state index in [0.29, 0.717) is 25.4 Å². The lowest BCUT2D eigenvalue weighted by Crippen LogP contribution is -2.40. The lowest BCUT2D eigenvalue weighted by molar-refractivity contribution is 0.170. The zero-order valence-electron chi connectivity index (χ0n) is 9.44. The summed E-state index contributed by atoms with van der Waals surface area (Å²) in [7, 11) is -3.09. The molecule has 1 heterocycles. The second-order valence-electron chi connectivity index (χ2n) is 4.24. The molecule has 1 rings (SSSR count). The van der Waals surface area contributed by atoms with Gasteiger partial charge < -0.3 is 5.11 Å². The molecule has 0 aromatic heterocycles. The van der Waals surface area contributed by atoms with Crippen molar-refractivity contribution in [1.29, 1.82) is 0 Å². The average molecular weight is 270 g/mol. The van der Waals surface area contributed by atoms with Crippen molar-refractivity contribution in [3.05, 3.63) is 0 Å². The molecule has 96 valence electrons.